The van der Waals surface area contributed by atoms with Crippen molar-refractivity contribution in [3.63, 3.8) is 0 Å². The minimum atomic E-state index is -2.93. The highest BCUT2D eigenvalue weighted by Crippen LogP contribution is 2.38. The predicted molar refractivity (Wildman–Crippen MR) is 176 cm³/mol. The number of carbonyl (C=O) groups excluding carboxylic acids is 2. The summed E-state index contributed by atoms with van der Waals surface area (Å²) in [4.78, 5) is 52.9. The van der Waals surface area contributed by atoms with Gasteiger partial charge in [-0.1, -0.05) is 29.3 Å². The van der Waals surface area contributed by atoms with Gasteiger partial charge in [-0.25, -0.2) is 27.5 Å². The number of aromatic amines is 2. The smallest absolute Gasteiger partial charge is 0.290 e. The molecular formula is C34H24Cl2F4N8O2. The summed E-state index contributed by atoms with van der Waals surface area (Å²) in [6, 6.07) is 7.31. The normalized spacial score (nSPS) is 17.4. The van der Waals surface area contributed by atoms with Gasteiger partial charge in [0, 0.05) is 72.5 Å². The fourth-order valence-electron chi connectivity index (χ4n) is 6.80. The lowest BCUT2D eigenvalue weighted by atomic mass is 9.92. The van der Waals surface area contributed by atoms with Crippen LogP contribution in [0.15, 0.2) is 48.8 Å². The molecule has 6 heterocycles. The number of pyridine rings is 2. The Hall–Kier alpha value is -5.08. The largest absolute Gasteiger partial charge is 0.334 e. The number of aromatic nitrogens is 6. The third-order valence-electron chi connectivity index (χ3n) is 9.33. The van der Waals surface area contributed by atoms with E-state index in [1.54, 1.807) is 43.6 Å². The van der Waals surface area contributed by atoms with E-state index in [0.717, 1.165) is 16.7 Å². The first-order valence-electron chi connectivity index (χ1n) is 15.6. The lowest BCUT2D eigenvalue weighted by Gasteiger charge is -2.36. The SMILES string of the molecule is C[C@@H]1c2cc(-c3cnc4c(c3)C(C(F)F)N(C(=O)c3nc5c(Cl)cccc5[nH]3)CC4)cnc2CCN1C(=O)c1nc2c(F)c(Cl)c(F)cc2[nH]1. The number of benzene rings is 2. The monoisotopic (exact) mass is 722 g/mol. The number of alkyl halides is 2. The molecule has 2 aromatic carbocycles. The second-order valence-corrected chi connectivity index (χ2v) is 12.9. The standard InChI is InChI=1S/C34H24Cl2F4N8O2/c1-14-17-9-15(12-41-21(17)5-7-47(14)33(49)31-44-24-11-20(37)25(36)26(38)28(24)46-31)16-10-18-22(42-13-16)6-8-48(29(18)30(39)40)34(50)32-43-23-4-2-3-19(35)27(23)45-32/h2-4,9-14,29-30H,5-8H2,1H3,(H,43,45)(H,44,46)/t14-,29?/m1/s1. The molecule has 2 amide bonds. The van der Waals surface area contributed by atoms with Crippen LogP contribution in [0, 0.1) is 11.6 Å². The Kier molecular flexibility index (Phi) is 7.75. The Morgan fingerprint density at radius 3 is 2.12 bits per heavy atom. The van der Waals surface area contributed by atoms with Crippen LogP contribution in [-0.2, 0) is 12.8 Å². The number of carbonyl (C=O) groups is 2. The second-order valence-electron chi connectivity index (χ2n) is 12.2. The number of para-hydroxylation sites is 1. The fraction of sp³-hybridized carbons (Fsp3) is 0.235. The number of nitrogens with one attached hydrogen (secondary N) is 2. The van der Waals surface area contributed by atoms with Gasteiger partial charge in [-0.05, 0) is 36.8 Å². The third kappa shape index (κ3) is 5.16. The molecule has 16 heteroatoms. The van der Waals surface area contributed by atoms with Crippen LogP contribution in [-0.4, -0.2) is 71.0 Å². The molecule has 2 N–H and O–H groups in total. The zero-order valence-corrected chi connectivity index (χ0v) is 27.5. The van der Waals surface area contributed by atoms with E-state index in [9.17, 15) is 27.2 Å². The lowest BCUT2D eigenvalue weighted by molar-refractivity contribution is 0.0154. The number of amides is 2. The molecule has 0 aliphatic carbocycles. The van der Waals surface area contributed by atoms with Crippen molar-refractivity contribution in [3.8, 4) is 11.1 Å². The van der Waals surface area contributed by atoms with E-state index in [0.29, 0.717) is 44.9 Å². The van der Waals surface area contributed by atoms with Crippen LogP contribution in [0.5, 0.6) is 0 Å². The summed E-state index contributed by atoms with van der Waals surface area (Å²) in [7, 11) is 0. The number of H-pyrrole nitrogens is 2. The summed E-state index contributed by atoms with van der Waals surface area (Å²) in [5.74, 6) is -3.54. The Balaban J connectivity index is 1.09. The van der Waals surface area contributed by atoms with Crippen molar-refractivity contribution in [2.75, 3.05) is 13.1 Å². The molecule has 2 aliphatic heterocycles. The molecule has 0 bridgehead atoms. The molecule has 0 spiro atoms. The first-order valence-corrected chi connectivity index (χ1v) is 16.3. The average Bonchev–Trinajstić information content (AvgIpc) is 3.75. The molecule has 2 atom stereocenters. The first kappa shape index (κ1) is 32.1. The Labute approximate surface area is 290 Å². The molecule has 254 valence electrons. The molecule has 0 radical (unpaired) electrons. The number of rotatable bonds is 4. The quantitative estimate of drug-likeness (QED) is 0.146. The van der Waals surface area contributed by atoms with E-state index in [-0.39, 0.29) is 47.8 Å². The highest BCUT2D eigenvalue weighted by atomic mass is 35.5. The number of halogens is 6. The summed E-state index contributed by atoms with van der Waals surface area (Å²) in [6.07, 6.45) is 0.928. The van der Waals surface area contributed by atoms with Crippen molar-refractivity contribution in [2.24, 2.45) is 0 Å². The van der Waals surface area contributed by atoms with Gasteiger partial charge < -0.3 is 19.8 Å². The minimum Gasteiger partial charge on any atom is -0.334 e. The van der Waals surface area contributed by atoms with Crippen molar-refractivity contribution in [2.45, 2.75) is 38.3 Å². The van der Waals surface area contributed by atoms with E-state index in [4.69, 9.17) is 23.2 Å². The summed E-state index contributed by atoms with van der Waals surface area (Å²) in [5.41, 5.74) is 3.81. The van der Waals surface area contributed by atoms with Gasteiger partial charge in [0.25, 0.3) is 18.2 Å². The van der Waals surface area contributed by atoms with Crippen LogP contribution in [0.25, 0.3) is 33.2 Å². The van der Waals surface area contributed by atoms with Crippen molar-refractivity contribution in [1.29, 1.82) is 0 Å². The fourth-order valence-corrected chi connectivity index (χ4v) is 7.16. The number of fused-ring (bicyclic) bond motifs is 4. The van der Waals surface area contributed by atoms with Gasteiger partial charge in [-0.2, -0.15) is 0 Å². The van der Waals surface area contributed by atoms with Gasteiger partial charge in [0.1, 0.15) is 27.9 Å². The topological polar surface area (TPSA) is 124 Å². The molecule has 2 aliphatic rings. The van der Waals surface area contributed by atoms with Crippen LogP contribution in [0.2, 0.25) is 10.0 Å². The van der Waals surface area contributed by atoms with Crippen LogP contribution in [0.3, 0.4) is 0 Å². The minimum absolute atomic E-state index is 0.00831. The summed E-state index contributed by atoms with van der Waals surface area (Å²) >= 11 is 11.9. The molecule has 0 saturated carbocycles. The van der Waals surface area contributed by atoms with Crippen molar-refractivity contribution < 1.29 is 27.2 Å². The highest BCUT2D eigenvalue weighted by Gasteiger charge is 2.39. The van der Waals surface area contributed by atoms with Gasteiger partial charge in [-0.3, -0.25) is 19.6 Å². The van der Waals surface area contributed by atoms with E-state index >= 15 is 0 Å². The zero-order chi connectivity index (χ0) is 35.0. The van der Waals surface area contributed by atoms with Gasteiger partial charge >= 0.3 is 0 Å². The van der Waals surface area contributed by atoms with Crippen LogP contribution >= 0.6 is 23.2 Å². The molecule has 10 nitrogen and oxygen atoms in total. The van der Waals surface area contributed by atoms with Crippen molar-refractivity contribution in [1.82, 2.24) is 39.7 Å². The van der Waals surface area contributed by atoms with E-state index < -0.39 is 47.0 Å². The molecule has 1 unspecified atom stereocenters. The maximum Gasteiger partial charge on any atom is 0.290 e. The maximum atomic E-state index is 14.8. The molecule has 0 saturated heterocycles. The molecule has 50 heavy (non-hydrogen) atoms. The van der Waals surface area contributed by atoms with Gasteiger partial charge in [0.05, 0.1) is 22.1 Å². The molecule has 4 aromatic heterocycles. The highest BCUT2D eigenvalue weighted by molar-refractivity contribution is 6.35. The van der Waals surface area contributed by atoms with Crippen molar-refractivity contribution >= 4 is 57.1 Å². The van der Waals surface area contributed by atoms with Crippen LogP contribution in [0.1, 0.15) is 62.8 Å². The number of nitrogens with zero attached hydrogens (tertiary/aromatic N) is 6. The number of imidazole rings is 2. The van der Waals surface area contributed by atoms with Crippen LogP contribution < -0.4 is 0 Å². The summed E-state index contributed by atoms with van der Waals surface area (Å²) in [6.45, 7) is 2.10. The van der Waals surface area contributed by atoms with E-state index in [2.05, 4.69) is 29.9 Å². The van der Waals surface area contributed by atoms with Crippen molar-refractivity contribution in [3.05, 3.63) is 105 Å². The predicted octanol–water partition coefficient (Wildman–Crippen LogP) is 7.25. The zero-order valence-electron chi connectivity index (χ0n) is 25.9. The number of hydrogen-bond acceptors (Lipinski definition) is 6. The maximum absolute atomic E-state index is 14.8. The Morgan fingerprint density at radius 1 is 0.840 bits per heavy atom. The molecular weight excluding hydrogens is 699 g/mol. The summed E-state index contributed by atoms with van der Waals surface area (Å²) in [5, 5.41) is -0.386. The third-order valence-corrected chi connectivity index (χ3v) is 9.99. The Bertz CT molecular complexity index is 2380. The Morgan fingerprint density at radius 2 is 1.44 bits per heavy atom. The molecule has 6 aromatic rings. The first-order chi connectivity index (χ1) is 24.0. The lowest BCUT2D eigenvalue weighted by Crippen LogP contribution is -2.43. The van der Waals surface area contributed by atoms with Gasteiger partial charge in [0.2, 0.25) is 0 Å². The van der Waals surface area contributed by atoms with E-state index in [1.165, 1.54) is 4.90 Å². The second kappa shape index (κ2) is 12.1. The average molecular weight is 724 g/mol. The molecule has 0 fully saturated rings. The van der Waals surface area contributed by atoms with Gasteiger partial charge in [0.15, 0.2) is 17.5 Å². The van der Waals surface area contributed by atoms with Crippen LogP contribution in [0.4, 0.5) is 17.6 Å². The molecule has 8 rings (SSSR count). The van der Waals surface area contributed by atoms with Gasteiger partial charge in [-0.15, -0.1) is 0 Å². The van der Waals surface area contributed by atoms with E-state index in [1.807, 2.05) is 6.07 Å². The number of hydrogen-bond donors (Lipinski definition) is 2. The summed E-state index contributed by atoms with van der Waals surface area (Å²) < 4.78 is 58.2.